The van der Waals surface area contributed by atoms with Gasteiger partial charge < -0.3 is 10.6 Å². The van der Waals surface area contributed by atoms with Crippen LogP contribution in [0.2, 0.25) is 0 Å². The molecule has 2 saturated heterocycles. The Morgan fingerprint density at radius 1 is 1.33 bits per heavy atom. The largest absolute Gasteiger partial charge is 0.334 e. The Morgan fingerprint density at radius 3 is 2.86 bits per heavy atom. The summed E-state index contributed by atoms with van der Waals surface area (Å²) in [7, 11) is 0. The van der Waals surface area contributed by atoms with Gasteiger partial charge in [-0.3, -0.25) is 15.0 Å². The van der Waals surface area contributed by atoms with Gasteiger partial charge in [0.15, 0.2) is 0 Å². The predicted molar refractivity (Wildman–Crippen MR) is 81.9 cm³/mol. The van der Waals surface area contributed by atoms with Gasteiger partial charge in [-0.1, -0.05) is 6.08 Å². The van der Waals surface area contributed by atoms with Crippen molar-refractivity contribution in [2.45, 2.75) is 25.7 Å². The lowest BCUT2D eigenvalue weighted by Gasteiger charge is -2.45. The van der Waals surface area contributed by atoms with Gasteiger partial charge in [0, 0.05) is 19.6 Å². The van der Waals surface area contributed by atoms with Crippen LogP contribution < -0.4 is 16.0 Å². The summed E-state index contributed by atoms with van der Waals surface area (Å²) < 4.78 is 0. The van der Waals surface area contributed by atoms with E-state index >= 15 is 0 Å². The highest BCUT2D eigenvalue weighted by atomic mass is 16.2. The summed E-state index contributed by atoms with van der Waals surface area (Å²) in [5.74, 6) is -0.239. The number of hydrogen-bond acceptors (Lipinski definition) is 4. The van der Waals surface area contributed by atoms with Crippen LogP contribution in [0.4, 0.5) is 4.79 Å². The monoisotopic (exact) mass is 294 g/mol. The van der Waals surface area contributed by atoms with Crippen molar-refractivity contribution in [3.05, 3.63) is 12.7 Å². The van der Waals surface area contributed by atoms with Crippen LogP contribution in [0.25, 0.3) is 0 Å². The van der Waals surface area contributed by atoms with Crippen molar-refractivity contribution in [2.75, 3.05) is 39.3 Å². The number of likely N-dealkylation sites (tertiary alicyclic amines) is 1. The average molecular weight is 294 g/mol. The fourth-order valence-corrected chi connectivity index (χ4v) is 3.40. The average Bonchev–Trinajstić information content (AvgIpc) is 2.46. The molecule has 2 aliphatic heterocycles. The van der Waals surface area contributed by atoms with Crippen LogP contribution in [0.5, 0.6) is 0 Å². The van der Waals surface area contributed by atoms with Crippen molar-refractivity contribution in [2.24, 2.45) is 5.41 Å². The minimum atomic E-state index is -0.453. The van der Waals surface area contributed by atoms with Crippen molar-refractivity contribution in [3.8, 4) is 0 Å². The molecule has 2 fully saturated rings. The van der Waals surface area contributed by atoms with Gasteiger partial charge in [0.1, 0.15) is 0 Å². The number of nitrogens with zero attached hydrogens (tertiary/aromatic N) is 1. The molecule has 6 nitrogen and oxygen atoms in total. The Hall–Kier alpha value is -1.40. The zero-order chi connectivity index (χ0) is 15.1. The van der Waals surface area contributed by atoms with Gasteiger partial charge in [0.05, 0.1) is 6.54 Å². The molecular weight excluding hydrogens is 268 g/mol. The molecule has 0 aromatic carbocycles. The fraction of sp³-hybridized carbons (Fsp3) is 0.733. The highest BCUT2D eigenvalue weighted by molar-refractivity contribution is 5.95. The molecule has 2 rings (SSSR count). The summed E-state index contributed by atoms with van der Waals surface area (Å²) in [6, 6.07) is -0.453. The van der Waals surface area contributed by atoms with E-state index in [2.05, 4.69) is 27.4 Å². The third kappa shape index (κ3) is 4.82. The molecule has 6 heteroatoms. The lowest BCUT2D eigenvalue weighted by molar-refractivity contribution is -0.122. The smallest absolute Gasteiger partial charge is 0.321 e. The van der Waals surface area contributed by atoms with Gasteiger partial charge >= 0.3 is 6.03 Å². The van der Waals surface area contributed by atoms with Gasteiger partial charge in [-0.15, -0.1) is 6.58 Å². The number of carbonyl (C=O) groups excluding carboxylic acids is 2. The molecule has 1 unspecified atom stereocenters. The van der Waals surface area contributed by atoms with Gasteiger partial charge in [0.25, 0.3) is 0 Å². The molecule has 0 saturated carbocycles. The molecular formula is C15H26N4O2. The van der Waals surface area contributed by atoms with E-state index in [4.69, 9.17) is 0 Å². The number of carbonyl (C=O) groups is 2. The molecule has 1 atom stereocenters. The minimum absolute atomic E-state index is 0.239. The van der Waals surface area contributed by atoms with Crippen molar-refractivity contribution < 1.29 is 9.59 Å². The second-order valence-electron chi connectivity index (χ2n) is 6.14. The van der Waals surface area contributed by atoms with E-state index in [1.807, 2.05) is 0 Å². The molecule has 21 heavy (non-hydrogen) atoms. The normalized spacial score (nSPS) is 26.3. The Balaban J connectivity index is 1.77. The van der Waals surface area contributed by atoms with E-state index in [9.17, 15) is 9.59 Å². The third-order valence-electron chi connectivity index (χ3n) is 4.33. The maximum atomic E-state index is 11.9. The van der Waals surface area contributed by atoms with Gasteiger partial charge in [-0.2, -0.15) is 0 Å². The van der Waals surface area contributed by atoms with E-state index in [-0.39, 0.29) is 5.91 Å². The molecule has 3 N–H and O–H groups in total. The lowest BCUT2D eigenvalue weighted by Crippen LogP contribution is -2.53. The number of imide groups is 1. The second kappa shape index (κ2) is 7.56. The van der Waals surface area contributed by atoms with E-state index in [1.165, 1.54) is 19.3 Å². The minimum Gasteiger partial charge on any atom is -0.334 e. The molecule has 3 amide bonds. The predicted octanol–water partition coefficient (Wildman–Crippen LogP) is 0.464. The number of amides is 3. The molecule has 0 radical (unpaired) electrons. The van der Waals surface area contributed by atoms with Gasteiger partial charge in [0.2, 0.25) is 5.91 Å². The standard InChI is InChI=1S/C15H26N4O2/c1-2-7-17-14(21)18-13(20)10-19-9-4-6-15(12-19)5-3-8-16-11-15/h2,16H,1,3-12H2,(H2,17,18,20,21). The molecule has 0 aliphatic carbocycles. The molecule has 0 aromatic heterocycles. The van der Waals surface area contributed by atoms with Crippen LogP contribution >= 0.6 is 0 Å². The van der Waals surface area contributed by atoms with E-state index in [0.717, 1.165) is 32.6 Å². The van der Waals surface area contributed by atoms with Crippen molar-refractivity contribution in [3.63, 3.8) is 0 Å². The number of hydrogen-bond donors (Lipinski definition) is 3. The Kier molecular flexibility index (Phi) is 5.76. The summed E-state index contributed by atoms with van der Waals surface area (Å²) in [6.07, 6.45) is 6.38. The molecule has 2 aliphatic rings. The van der Waals surface area contributed by atoms with Crippen LogP contribution in [0.3, 0.4) is 0 Å². The van der Waals surface area contributed by atoms with E-state index in [0.29, 0.717) is 18.5 Å². The molecule has 0 bridgehead atoms. The highest BCUT2D eigenvalue weighted by Crippen LogP contribution is 2.35. The topological polar surface area (TPSA) is 73.5 Å². The number of urea groups is 1. The Bertz CT molecular complexity index is 386. The highest BCUT2D eigenvalue weighted by Gasteiger charge is 2.36. The van der Waals surface area contributed by atoms with Gasteiger partial charge in [-0.05, 0) is 44.2 Å². The summed E-state index contributed by atoms with van der Waals surface area (Å²) in [4.78, 5) is 25.5. The Labute approximate surface area is 126 Å². The van der Waals surface area contributed by atoms with Crippen LogP contribution in [-0.2, 0) is 4.79 Å². The molecule has 1 spiro atoms. The summed E-state index contributed by atoms with van der Waals surface area (Å²) in [6.45, 7) is 8.20. The molecule has 118 valence electrons. The number of nitrogens with one attached hydrogen (secondary N) is 3. The molecule has 0 aromatic rings. The second-order valence-corrected chi connectivity index (χ2v) is 6.14. The summed E-state index contributed by atoms with van der Waals surface area (Å²) in [5, 5.41) is 8.37. The zero-order valence-electron chi connectivity index (χ0n) is 12.6. The summed E-state index contributed by atoms with van der Waals surface area (Å²) >= 11 is 0. The number of rotatable bonds is 4. The summed E-state index contributed by atoms with van der Waals surface area (Å²) in [5.41, 5.74) is 0.321. The number of piperidine rings is 2. The van der Waals surface area contributed by atoms with Crippen LogP contribution in [0, 0.1) is 5.41 Å². The van der Waals surface area contributed by atoms with Gasteiger partial charge in [-0.25, -0.2) is 4.79 Å². The van der Waals surface area contributed by atoms with Crippen molar-refractivity contribution in [1.29, 1.82) is 0 Å². The SMILES string of the molecule is C=CCNC(=O)NC(=O)CN1CCCC2(CCCNC2)C1. The van der Waals surface area contributed by atoms with Crippen molar-refractivity contribution >= 4 is 11.9 Å². The fourth-order valence-electron chi connectivity index (χ4n) is 3.40. The first-order chi connectivity index (χ1) is 10.1. The first kappa shape index (κ1) is 16.0. The first-order valence-electron chi connectivity index (χ1n) is 7.75. The van der Waals surface area contributed by atoms with E-state index in [1.54, 1.807) is 6.08 Å². The van der Waals surface area contributed by atoms with Crippen LogP contribution in [-0.4, -0.2) is 56.1 Å². The molecule has 2 heterocycles. The van der Waals surface area contributed by atoms with Crippen molar-refractivity contribution in [1.82, 2.24) is 20.9 Å². The van der Waals surface area contributed by atoms with E-state index < -0.39 is 6.03 Å². The van der Waals surface area contributed by atoms with Crippen LogP contribution in [0.1, 0.15) is 25.7 Å². The zero-order valence-corrected chi connectivity index (χ0v) is 12.6. The first-order valence-corrected chi connectivity index (χ1v) is 7.75. The lowest BCUT2D eigenvalue weighted by atomic mass is 9.74. The van der Waals surface area contributed by atoms with Crippen LogP contribution in [0.15, 0.2) is 12.7 Å². The Morgan fingerprint density at radius 2 is 2.14 bits per heavy atom. The third-order valence-corrected chi connectivity index (χ3v) is 4.33. The quantitative estimate of drug-likeness (QED) is 0.659. The maximum absolute atomic E-state index is 11.9. The maximum Gasteiger partial charge on any atom is 0.321 e.